The number of piperidine rings is 1. The maximum absolute atomic E-state index is 11.4. The molecule has 0 aromatic carbocycles. The van der Waals surface area contributed by atoms with Crippen molar-refractivity contribution in [3.05, 3.63) is 18.1 Å². The molecule has 1 aromatic rings. The Balaban J connectivity index is 2.07. The van der Waals surface area contributed by atoms with E-state index in [2.05, 4.69) is 34.0 Å². The minimum absolute atomic E-state index is 0.268. The van der Waals surface area contributed by atoms with Crippen molar-refractivity contribution in [3.63, 3.8) is 0 Å². The second kappa shape index (κ2) is 6.65. The first-order valence-electron chi connectivity index (χ1n) is 7.17. The number of nitrogens with one attached hydrogen (secondary N) is 1. The van der Waals surface area contributed by atoms with Crippen LogP contribution in [0.4, 0.5) is 5.82 Å². The summed E-state index contributed by atoms with van der Waals surface area (Å²) < 4.78 is 0. The van der Waals surface area contributed by atoms with Crippen molar-refractivity contribution in [1.82, 2.24) is 15.3 Å². The maximum atomic E-state index is 11.4. The molecular formula is C14H23N5O. The lowest BCUT2D eigenvalue weighted by Gasteiger charge is -2.34. The molecule has 0 saturated carbocycles. The molecule has 0 aliphatic carbocycles. The summed E-state index contributed by atoms with van der Waals surface area (Å²) in [7, 11) is 0. The van der Waals surface area contributed by atoms with Crippen molar-refractivity contribution in [2.24, 2.45) is 11.7 Å². The normalized spacial score (nSPS) is 19.4. The van der Waals surface area contributed by atoms with E-state index in [1.54, 1.807) is 6.20 Å². The Bertz CT molecular complexity index is 463. The molecule has 3 N–H and O–H groups in total. The highest BCUT2D eigenvalue weighted by molar-refractivity contribution is 5.95. The fourth-order valence-electron chi connectivity index (χ4n) is 2.56. The molecular weight excluding hydrogens is 254 g/mol. The molecule has 6 heteroatoms. The third-order valence-corrected chi connectivity index (χ3v) is 3.55. The Morgan fingerprint density at radius 1 is 1.50 bits per heavy atom. The summed E-state index contributed by atoms with van der Waals surface area (Å²) in [6.07, 6.45) is 5.41. The number of anilines is 1. The molecule has 0 radical (unpaired) electrons. The lowest BCUT2D eigenvalue weighted by atomic mass is 9.97. The van der Waals surface area contributed by atoms with E-state index in [4.69, 9.17) is 5.73 Å². The van der Waals surface area contributed by atoms with Gasteiger partial charge in [-0.15, -0.1) is 0 Å². The average molecular weight is 277 g/mol. The molecule has 1 amide bonds. The Labute approximate surface area is 119 Å². The fraction of sp³-hybridized carbons (Fsp3) is 0.643. The molecule has 1 atom stereocenters. The van der Waals surface area contributed by atoms with Crippen LogP contribution < -0.4 is 16.0 Å². The van der Waals surface area contributed by atoms with Crippen molar-refractivity contribution >= 4 is 11.7 Å². The summed E-state index contributed by atoms with van der Waals surface area (Å²) >= 11 is 0. The van der Waals surface area contributed by atoms with Crippen molar-refractivity contribution in [1.29, 1.82) is 0 Å². The molecule has 2 rings (SSSR count). The Kier molecular flexibility index (Phi) is 4.89. The van der Waals surface area contributed by atoms with Gasteiger partial charge in [0.15, 0.2) is 11.5 Å². The quantitative estimate of drug-likeness (QED) is 0.831. The topological polar surface area (TPSA) is 84.1 Å². The third-order valence-electron chi connectivity index (χ3n) is 3.55. The van der Waals surface area contributed by atoms with Crippen LogP contribution in [-0.4, -0.2) is 41.6 Å². The van der Waals surface area contributed by atoms with Gasteiger partial charge in [-0.2, -0.15) is 0 Å². The van der Waals surface area contributed by atoms with Gasteiger partial charge in [0.1, 0.15) is 0 Å². The molecule has 1 aliphatic rings. The van der Waals surface area contributed by atoms with E-state index in [9.17, 15) is 4.79 Å². The van der Waals surface area contributed by atoms with Crippen LogP contribution in [0.1, 0.15) is 37.2 Å². The van der Waals surface area contributed by atoms with Crippen LogP contribution in [0.5, 0.6) is 0 Å². The number of rotatable bonds is 5. The number of amides is 1. The van der Waals surface area contributed by atoms with Crippen molar-refractivity contribution in [2.75, 3.05) is 24.5 Å². The van der Waals surface area contributed by atoms with E-state index in [1.165, 1.54) is 12.6 Å². The highest BCUT2D eigenvalue weighted by Gasteiger charge is 2.24. The van der Waals surface area contributed by atoms with Gasteiger partial charge in [-0.25, -0.2) is 9.97 Å². The standard InChI is InChI=1S/C14H23N5O/c1-10(2)18-8-11-4-3-7-19(9-11)14-12(13(15)20)16-5-6-17-14/h5-6,10-11,18H,3-4,7-9H2,1-2H3,(H2,15,20). The summed E-state index contributed by atoms with van der Waals surface area (Å²) in [6, 6.07) is 0.489. The number of nitrogens with zero attached hydrogens (tertiary/aromatic N) is 3. The Hall–Kier alpha value is -1.69. The molecule has 20 heavy (non-hydrogen) atoms. The van der Waals surface area contributed by atoms with Gasteiger partial charge in [-0.3, -0.25) is 4.79 Å². The SMILES string of the molecule is CC(C)NCC1CCCN(c2nccnc2C(N)=O)C1. The molecule has 1 aromatic heterocycles. The summed E-state index contributed by atoms with van der Waals surface area (Å²) in [5.41, 5.74) is 5.64. The van der Waals surface area contributed by atoms with Crippen LogP contribution in [0.25, 0.3) is 0 Å². The van der Waals surface area contributed by atoms with E-state index in [1.807, 2.05) is 0 Å². The van der Waals surface area contributed by atoms with Crippen molar-refractivity contribution < 1.29 is 4.79 Å². The van der Waals surface area contributed by atoms with E-state index >= 15 is 0 Å². The Morgan fingerprint density at radius 2 is 2.25 bits per heavy atom. The first-order chi connectivity index (χ1) is 9.58. The van der Waals surface area contributed by atoms with Crippen LogP contribution in [-0.2, 0) is 0 Å². The van der Waals surface area contributed by atoms with Crippen LogP contribution in [0.3, 0.4) is 0 Å². The van der Waals surface area contributed by atoms with Gasteiger partial charge < -0.3 is 16.0 Å². The highest BCUT2D eigenvalue weighted by atomic mass is 16.1. The first-order valence-corrected chi connectivity index (χ1v) is 7.17. The summed E-state index contributed by atoms with van der Waals surface area (Å²) in [5.74, 6) is 0.665. The summed E-state index contributed by atoms with van der Waals surface area (Å²) in [5, 5.41) is 3.47. The van der Waals surface area contributed by atoms with Gasteiger partial charge in [-0.1, -0.05) is 13.8 Å². The van der Waals surface area contributed by atoms with E-state index in [0.717, 1.165) is 26.1 Å². The van der Waals surface area contributed by atoms with Gasteiger partial charge in [0.2, 0.25) is 0 Å². The average Bonchev–Trinajstić information content (AvgIpc) is 2.45. The number of aromatic nitrogens is 2. The molecule has 1 fully saturated rings. The second-order valence-electron chi connectivity index (χ2n) is 5.61. The zero-order chi connectivity index (χ0) is 14.5. The van der Waals surface area contributed by atoms with Crippen LogP contribution in [0.15, 0.2) is 12.4 Å². The molecule has 6 nitrogen and oxygen atoms in total. The first kappa shape index (κ1) is 14.7. The van der Waals surface area contributed by atoms with Gasteiger partial charge in [0.25, 0.3) is 5.91 Å². The molecule has 1 saturated heterocycles. The fourth-order valence-corrected chi connectivity index (χ4v) is 2.56. The summed E-state index contributed by atoms with van der Waals surface area (Å²) in [6.45, 7) is 7.07. The number of carbonyl (C=O) groups is 1. The number of hydrogen-bond donors (Lipinski definition) is 2. The van der Waals surface area contributed by atoms with Crippen LogP contribution in [0.2, 0.25) is 0 Å². The number of primary amides is 1. The molecule has 1 aliphatic heterocycles. The van der Waals surface area contributed by atoms with Crippen LogP contribution >= 0.6 is 0 Å². The smallest absolute Gasteiger partial charge is 0.271 e. The van der Waals surface area contributed by atoms with Gasteiger partial charge >= 0.3 is 0 Å². The van der Waals surface area contributed by atoms with Crippen molar-refractivity contribution in [3.8, 4) is 0 Å². The molecule has 1 unspecified atom stereocenters. The van der Waals surface area contributed by atoms with Gasteiger partial charge in [-0.05, 0) is 25.3 Å². The minimum Gasteiger partial charge on any atom is -0.364 e. The van der Waals surface area contributed by atoms with Crippen molar-refractivity contribution in [2.45, 2.75) is 32.7 Å². The van der Waals surface area contributed by atoms with Gasteiger partial charge in [0, 0.05) is 31.5 Å². The van der Waals surface area contributed by atoms with E-state index < -0.39 is 5.91 Å². The zero-order valence-corrected chi connectivity index (χ0v) is 12.2. The minimum atomic E-state index is -0.518. The van der Waals surface area contributed by atoms with Gasteiger partial charge in [0.05, 0.1) is 0 Å². The van der Waals surface area contributed by atoms with E-state index in [-0.39, 0.29) is 5.69 Å². The van der Waals surface area contributed by atoms with E-state index in [0.29, 0.717) is 17.8 Å². The third kappa shape index (κ3) is 3.66. The number of carbonyl (C=O) groups excluding carboxylic acids is 1. The predicted molar refractivity (Wildman–Crippen MR) is 78.6 cm³/mol. The lowest BCUT2D eigenvalue weighted by Crippen LogP contribution is -2.42. The highest BCUT2D eigenvalue weighted by Crippen LogP contribution is 2.23. The largest absolute Gasteiger partial charge is 0.364 e. The molecule has 110 valence electrons. The second-order valence-corrected chi connectivity index (χ2v) is 5.61. The zero-order valence-electron chi connectivity index (χ0n) is 12.2. The molecule has 0 spiro atoms. The maximum Gasteiger partial charge on any atom is 0.271 e. The van der Waals surface area contributed by atoms with Crippen LogP contribution in [0, 0.1) is 5.92 Å². The number of nitrogens with two attached hydrogens (primary N) is 1. The molecule has 0 bridgehead atoms. The lowest BCUT2D eigenvalue weighted by molar-refractivity contribution is 0.0995. The Morgan fingerprint density at radius 3 is 2.95 bits per heavy atom. The summed E-state index contributed by atoms with van der Waals surface area (Å²) in [4.78, 5) is 21.9. The predicted octanol–water partition coefficient (Wildman–Crippen LogP) is 0.790. The molecule has 2 heterocycles. The monoisotopic (exact) mass is 277 g/mol. The number of hydrogen-bond acceptors (Lipinski definition) is 5.